The fraction of sp³-hybridized carbons (Fsp3) is 0.286. The predicted molar refractivity (Wildman–Crippen MR) is 163 cm³/mol. The van der Waals surface area contributed by atoms with Gasteiger partial charge in [-0.3, -0.25) is 19.4 Å². The number of aliphatic carboxylic acids is 1. The second-order valence-electron chi connectivity index (χ2n) is 11.1. The Hall–Kier alpha value is -4.54. The standard InChI is InChI=1S/C35H34F3N3O4/c36-35(37,38)29-16-14-25(15-17-29)23-40-24-26(22-32(42)43)21-28-11-4-5-12-30(28)34(40)45-20-8-19-41(31-13-6-7-18-39-31)33(44)27-9-2-1-3-10-27/h1-7,9-18,26,34H,8,19-24H2,(H,42,43). The number of fused-ring (bicyclic) bond motifs is 1. The molecular formula is C35H34F3N3O4. The second-order valence-corrected chi connectivity index (χ2v) is 11.1. The molecule has 0 fully saturated rings. The van der Waals surface area contributed by atoms with E-state index >= 15 is 0 Å². The highest BCUT2D eigenvalue weighted by Gasteiger charge is 2.33. The molecule has 45 heavy (non-hydrogen) atoms. The zero-order valence-corrected chi connectivity index (χ0v) is 24.6. The van der Waals surface area contributed by atoms with Gasteiger partial charge in [-0.1, -0.05) is 60.7 Å². The first-order chi connectivity index (χ1) is 21.7. The third kappa shape index (κ3) is 8.34. The molecule has 234 valence electrons. The first-order valence-corrected chi connectivity index (χ1v) is 14.8. The van der Waals surface area contributed by atoms with Crippen LogP contribution in [0.1, 0.15) is 51.7 Å². The number of hydrogen-bond acceptors (Lipinski definition) is 5. The van der Waals surface area contributed by atoms with E-state index in [1.165, 1.54) is 12.1 Å². The van der Waals surface area contributed by atoms with Crippen molar-refractivity contribution < 1.29 is 32.6 Å². The lowest BCUT2D eigenvalue weighted by Crippen LogP contribution is -2.35. The zero-order chi connectivity index (χ0) is 31.8. The number of ether oxygens (including phenoxy) is 1. The van der Waals surface area contributed by atoms with Gasteiger partial charge in [0.1, 0.15) is 12.0 Å². The van der Waals surface area contributed by atoms with Crippen molar-refractivity contribution in [2.75, 3.05) is 24.6 Å². The van der Waals surface area contributed by atoms with Crippen LogP contribution in [0, 0.1) is 5.92 Å². The third-order valence-corrected chi connectivity index (χ3v) is 7.78. The van der Waals surface area contributed by atoms with Crippen LogP contribution in [-0.2, 0) is 28.7 Å². The van der Waals surface area contributed by atoms with E-state index in [1.54, 1.807) is 47.5 Å². The lowest BCUT2D eigenvalue weighted by atomic mass is 9.95. The molecule has 3 aromatic carbocycles. The van der Waals surface area contributed by atoms with E-state index in [1.807, 2.05) is 41.3 Å². The lowest BCUT2D eigenvalue weighted by molar-refractivity contribution is -0.139. The van der Waals surface area contributed by atoms with Crippen molar-refractivity contribution in [1.29, 1.82) is 0 Å². The van der Waals surface area contributed by atoms with Gasteiger partial charge in [-0.2, -0.15) is 13.2 Å². The summed E-state index contributed by atoms with van der Waals surface area (Å²) in [5.41, 5.74) is 2.32. The van der Waals surface area contributed by atoms with E-state index in [-0.39, 0.29) is 31.4 Å². The summed E-state index contributed by atoms with van der Waals surface area (Å²) < 4.78 is 46.1. The van der Waals surface area contributed by atoms with Crippen LogP contribution < -0.4 is 4.90 Å². The quantitative estimate of drug-likeness (QED) is 0.183. The van der Waals surface area contributed by atoms with Crippen molar-refractivity contribution in [3.63, 3.8) is 0 Å². The molecule has 2 unspecified atom stereocenters. The van der Waals surface area contributed by atoms with Gasteiger partial charge in [0.2, 0.25) is 0 Å². The zero-order valence-electron chi connectivity index (χ0n) is 24.6. The maximum absolute atomic E-state index is 13.4. The Morgan fingerprint density at radius 2 is 1.64 bits per heavy atom. The summed E-state index contributed by atoms with van der Waals surface area (Å²) in [6.07, 6.45) is -2.43. The highest BCUT2D eigenvalue weighted by molar-refractivity contribution is 6.05. The van der Waals surface area contributed by atoms with Crippen LogP contribution in [0.4, 0.5) is 19.0 Å². The third-order valence-electron chi connectivity index (χ3n) is 7.78. The Labute approximate surface area is 259 Å². The Bertz CT molecular complexity index is 1570. The van der Waals surface area contributed by atoms with Gasteiger partial charge < -0.3 is 9.84 Å². The van der Waals surface area contributed by atoms with Crippen LogP contribution in [0.5, 0.6) is 0 Å². The number of anilines is 1. The number of benzene rings is 3. The first-order valence-electron chi connectivity index (χ1n) is 14.8. The molecule has 2 atom stereocenters. The maximum Gasteiger partial charge on any atom is 0.416 e. The van der Waals surface area contributed by atoms with Gasteiger partial charge in [-0.15, -0.1) is 0 Å². The van der Waals surface area contributed by atoms with Crippen LogP contribution >= 0.6 is 0 Å². The van der Waals surface area contributed by atoms with E-state index in [4.69, 9.17) is 4.74 Å². The fourth-order valence-electron chi connectivity index (χ4n) is 5.71. The summed E-state index contributed by atoms with van der Waals surface area (Å²) in [6.45, 7) is 1.23. The van der Waals surface area contributed by atoms with Crippen molar-refractivity contribution in [2.45, 2.75) is 38.2 Å². The van der Waals surface area contributed by atoms with Gasteiger partial charge in [0, 0.05) is 37.8 Å². The van der Waals surface area contributed by atoms with Crippen LogP contribution in [-0.4, -0.2) is 46.6 Å². The molecule has 5 rings (SSSR count). The molecule has 10 heteroatoms. The molecule has 0 spiro atoms. The molecule has 1 aliphatic rings. The predicted octanol–water partition coefficient (Wildman–Crippen LogP) is 7.00. The topological polar surface area (TPSA) is 83.0 Å². The average Bonchev–Trinajstić information content (AvgIpc) is 3.17. The number of aromatic nitrogens is 1. The molecule has 0 saturated carbocycles. The van der Waals surface area contributed by atoms with E-state index in [2.05, 4.69) is 4.98 Å². The summed E-state index contributed by atoms with van der Waals surface area (Å²) in [5, 5.41) is 9.61. The second kappa shape index (κ2) is 14.5. The highest BCUT2D eigenvalue weighted by atomic mass is 19.4. The molecule has 1 amide bonds. The molecule has 4 aromatic rings. The number of nitrogens with zero attached hydrogens (tertiary/aromatic N) is 3. The number of amides is 1. The number of carboxylic acid groups (broad SMARTS) is 1. The number of carboxylic acids is 1. The number of carbonyl (C=O) groups excluding carboxylic acids is 1. The molecule has 1 aromatic heterocycles. The summed E-state index contributed by atoms with van der Waals surface area (Å²) >= 11 is 0. The highest BCUT2D eigenvalue weighted by Crippen LogP contribution is 2.35. The van der Waals surface area contributed by atoms with E-state index < -0.39 is 23.9 Å². The minimum Gasteiger partial charge on any atom is -0.481 e. The first kappa shape index (κ1) is 31.9. The fourth-order valence-corrected chi connectivity index (χ4v) is 5.71. The van der Waals surface area contributed by atoms with E-state index in [9.17, 15) is 27.9 Å². The molecule has 0 aliphatic carbocycles. The van der Waals surface area contributed by atoms with Crippen LogP contribution in [0.3, 0.4) is 0 Å². The lowest BCUT2D eigenvalue weighted by Gasteiger charge is -2.32. The minimum atomic E-state index is -4.44. The molecular weight excluding hydrogens is 583 g/mol. The summed E-state index contributed by atoms with van der Waals surface area (Å²) in [6, 6.07) is 27.1. The van der Waals surface area contributed by atoms with Gasteiger partial charge in [-0.25, -0.2) is 4.98 Å². The van der Waals surface area contributed by atoms with Gasteiger partial charge in [0.25, 0.3) is 5.91 Å². The van der Waals surface area contributed by atoms with E-state index in [0.717, 1.165) is 23.3 Å². The number of pyridine rings is 1. The van der Waals surface area contributed by atoms with E-state index in [0.29, 0.717) is 42.9 Å². The molecule has 0 radical (unpaired) electrons. The monoisotopic (exact) mass is 617 g/mol. The van der Waals surface area contributed by atoms with Crippen molar-refractivity contribution in [2.24, 2.45) is 5.92 Å². The summed E-state index contributed by atoms with van der Waals surface area (Å²) in [4.78, 5) is 33.2. The van der Waals surface area contributed by atoms with Crippen molar-refractivity contribution >= 4 is 17.7 Å². The number of halogens is 3. The number of carbonyl (C=O) groups is 2. The van der Waals surface area contributed by atoms with Crippen LogP contribution in [0.25, 0.3) is 0 Å². The number of alkyl halides is 3. The summed E-state index contributed by atoms with van der Waals surface area (Å²) in [7, 11) is 0. The van der Waals surface area contributed by atoms with Crippen LogP contribution in [0.15, 0.2) is 103 Å². The van der Waals surface area contributed by atoms with Crippen molar-refractivity contribution in [3.05, 3.63) is 131 Å². The van der Waals surface area contributed by atoms with Crippen molar-refractivity contribution in [1.82, 2.24) is 9.88 Å². The molecule has 0 saturated heterocycles. The number of rotatable bonds is 11. The maximum atomic E-state index is 13.4. The Balaban J connectivity index is 1.36. The van der Waals surface area contributed by atoms with Gasteiger partial charge in [-0.05, 0) is 71.8 Å². The Kier molecular flexibility index (Phi) is 10.3. The largest absolute Gasteiger partial charge is 0.481 e. The molecule has 7 nitrogen and oxygen atoms in total. The molecule has 1 aliphatic heterocycles. The molecule has 1 N–H and O–H groups in total. The average molecular weight is 618 g/mol. The Morgan fingerprint density at radius 3 is 2.33 bits per heavy atom. The number of hydrogen-bond donors (Lipinski definition) is 1. The summed E-state index contributed by atoms with van der Waals surface area (Å²) in [5.74, 6) is -0.806. The van der Waals surface area contributed by atoms with Gasteiger partial charge >= 0.3 is 12.1 Å². The molecule has 0 bridgehead atoms. The Morgan fingerprint density at radius 1 is 0.933 bits per heavy atom. The minimum absolute atomic E-state index is 0.0504. The van der Waals surface area contributed by atoms with Crippen molar-refractivity contribution in [3.8, 4) is 0 Å². The molecule has 2 heterocycles. The SMILES string of the molecule is O=C(O)CC1Cc2ccccc2C(OCCCN(C(=O)c2ccccc2)c2ccccn2)N(Cc2ccc(C(F)(F)F)cc2)C1. The normalized spacial score (nSPS) is 16.9. The smallest absolute Gasteiger partial charge is 0.416 e. The van der Waals surface area contributed by atoms with Gasteiger partial charge in [0.05, 0.1) is 12.2 Å². The van der Waals surface area contributed by atoms with Gasteiger partial charge in [0.15, 0.2) is 0 Å². The van der Waals surface area contributed by atoms with Crippen LogP contribution in [0.2, 0.25) is 0 Å².